The summed E-state index contributed by atoms with van der Waals surface area (Å²) in [5.74, 6) is -1.77. The second-order valence-electron chi connectivity index (χ2n) is 20.1. The number of allylic oxidation sites excluding steroid dienone is 2. The Morgan fingerprint density at radius 2 is 0.506 bits per heavy atom. The fourth-order valence-electron chi connectivity index (χ4n) is 12.6. The molecule has 10 aromatic carbocycles. The Morgan fingerprint density at radius 1 is 0.286 bits per heavy atom. The van der Waals surface area contributed by atoms with E-state index in [0.717, 1.165) is 24.3 Å². The maximum Gasteiger partial charge on any atom is 0.335 e. The number of carboxylic acids is 2. The maximum absolute atomic E-state index is 11.6. The molecule has 10 aromatic rings. The van der Waals surface area contributed by atoms with Crippen LogP contribution < -0.4 is 0 Å². The molecule has 1 heterocycles. The van der Waals surface area contributed by atoms with Gasteiger partial charge in [0.1, 0.15) is 0 Å². The van der Waals surface area contributed by atoms with E-state index in [1.54, 1.807) is 24.3 Å². The quantitative estimate of drug-likeness (QED) is 0.173. The molecule has 0 aromatic heterocycles. The zero-order valence-corrected chi connectivity index (χ0v) is 42.2. The van der Waals surface area contributed by atoms with E-state index >= 15 is 0 Å². The maximum atomic E-state index is 11.6. The van der Waals surface area contributed by atoms with Crippen LogP contribution in [0.15, 0.2) is 243 Å². The summed E-state index contributed by atoms with van der Waals surface area (Å²) >= 11 is 0. The highest BCUT2D eigenvalue weighted by molar-refractivity contribution is 6.14. The molecular formula is C72H52O5. The van der Waals surface area contributed by atoms with Crippen LogP contribution in [0.1, 0.15) is 101 Å². The molecule has 2 N–H and O–H groups in total. The van der Waals surface area contributed by atoms with Crippen molar-refractivity contribution < 1.29 is 24.5 Å². The molecule has 0 atom stereocenters. The summed E-state index contributed by atoms with van der Waals surface area (Å²) in [6.07, 6.45) is 2.56. The van der Waals surface area contributed by atoms with E-state index in [1.807, 2.05) is 24.3 Å². The van der Waals surface area contributed by atoms with Gasteiger partial charge in [0.25, 0.3) is 0 Å². The van der Waals surface area contributed by atoms with Gasteiger partial charge < -0.3 is 14.9 Å². The van der Waals surface area contributed by atoms with Gasteiger partial charge in [-0.2, -0.15) is 0 Å². The molecule has 0 bridgehead atoms. The molecule has 1 saturated heterocycles. The largest absolute Gasteiger partial charge is 0.478 e. The van der Waals surface area contributed by atoms with Crippen LogP contribution in [0, 0.1) is 0 Å². The summed E-state index contributed by atoms with van der Waals surface area (Å²) in [7, 11) is 0. The SMILES string of the molecule is C1CCOC1.O=C(O)c1ccc(C(=C2c3ccccc3-c3ccccc32)C2c3ccccc3-c3ccccc32)cc1.O=C(O)c1ccc(C(=C2c3ccccc3-c3ccccc32)C2c3ccccc3-c3ccccc32)cc1. The van der Waals surface area contributed by atoms with Crippen LogP contribution >= 0.6 is 0 Å². The standard InChI is InChI=1S/2C34H22O2.C4H8O/c2*35-34(36)22-19-17-21(18-20-22)31(32-27-13-5-1-9-23(27)24-10-2-6-14-28(24)32)33-29-15-7-3-11-25(29)26-12-4-8-16-30(26)33;1-2-4-5-3-1/h2*1-20,32H,(H,35,36);1-4H2. The molecule has 5 nitrogen and oxygen atoms in total. The smallest absolute Gasteiger partial charge is 0.335 e. The fourth-order valence-corrected chi connectivity index (χ4v) is 12.6. The van der Waals surface area contributed by atoms with Crippen LogP contribution in [0.3, 0.4) is 0 Å². The minimum atomic E-state index is -0.913. The Kier molecular flexibility index (Phi) is 12.3. The van der Waals surface area contributed by atoms with Gasteiger partial charge >= 0.3 is 11.9 Å². The lowest BCUT2D eigenvalue weighted by Crippen LogP contribution is -2.05. The Balaban J connectivity index is 0.000000135. The number of aromatic carboxylic acids is 2. The number of ether oxygens (including phenoxy) is 1. The second kappa shape index (κ2) is 20.0. The Hall–Kier alpha value is -9.42. The van der Waals surface area contributed by atoms with Gasteiger partial charge in [0.2, 0.25) is 0 Å². The summed E-state index contributed by atoms with van der Waals surface area (Å²) in [5, 5.41) is 19.1. The number of benzene rings is 10. The zero-order valence-electron chi connectivity index (χ0n) is 42.2. The van der Waals surface area contributed by atoms with Crippen LogP contribution in [-0.4, -0.2) is 35.4 Å². The van der Waals surface area contributed by atoms with E-state index in [2.05, 4.69) is 194 Å². The minimum Gasteiger partial charge on any atom is -0.478 e. The van der Waals surface area contributed by atoms with Crippen molar-refractivity contribution in [3.63, 3.8) is 0 Å². The summed E-state index contributed by atoms with van der Waals surface area (Å²) in [5.41, 5.74) is 27.5. The molecule has 0 saturated carbocycles. The highest BCUT2D eigenvalue weighted by Gasteiger charge is 2.38. The molecule has 0 radical (unpaired) electrons. The van der Waals surface area contributed by atoms with Crippen LogP contribution in [-0.2, 0) is 4.74 Å². The normalized spacial score (nSPS) is 13.8. The highest BCUT2D eigenvalue weighted by Crippen LogP contribution is 2.58. The third-order valence-corrected chi connectivity index (χ3v) is 15.9. The fraction of sp³-hybridized carbons (Fsp3) is 0.0833. The van der Waals surface area contributed by atoms with E-state index in [0.29, 0.717) is 11.1 Å². The summed E-state index contributed by atoms with van der Waals surface area (Å²) < 4.78 is 4.94. The van der Waals surface area contributed by atoms with Crippen LogP contribution in [0.5, 0.6) is 0 Å². The summed E-state index contributed by atoms with van der Waals surface area (Å²) in [6.45, 7) is 2.00. The summed E-state index contributed by atoms with van der Waals surface area (Å²) in [4.78, 5) is 23.3. The molecule has 1 fully saturated rings. The van der Waals surface area contributed by atoms with E-state index in [4.69, 9.17) is 4.74 Å². The highest BCUT2D eigenvalue weighted by atomic mass is 16.5. The molecule has 77 heavy (non-hydrogen) atoms. The third-order valence-electron chi connectivity index (χ3n) is 15.9. The van der Waals surface area contributed by atoms with Crippen LogP contribution in [0.2, 0.25) is 0 Å². The van der Waals surface area contributed by atoms with Gasteiger partial charge in [-0.1, -0.05) is 218 Å². The first kappa shape index (κ1) is 47.3. The minimum absolute atomic E-state index is 0.0299. The third kappa shape index (κ3) is 8.24. The van der Waals surface area contributed by atoms with E-state index < -0.39 is 11.9 Å². The molecule has 0 unspecified atom stereocenters. The predicted octanol–water partition coefficient (Wildman–Crippen LogP) is 17.1. The van der Waals surface area contributed by atoms with Crippen LogP contribution in [0.25, 0.3) is 66.8 Å². The van der Waals surface area contributed by atoms with E-state index in [1.165, 1.54) is 124 Å². The molecule has 0 amide bonds. The number of carbonyl (C=O) groups is 2. The molecule has 15 rings (SSSR count). The number of carboxylic acid groups (broad SMARTS) is 2. The topological polar surface area (TPSA) is 83.8 Å². The van der Waals surface area contributed by atoms with Gasteiger partial charge in [-0.3, -0.25) is 0 Å². The van der Waals surface area contributed by atoms with Crippen molar-refractivity contribution in [2.75, 3.05) is 13.2 Å². The molecule has 4 aliphatic carbocycles. The Bertz CT molecular complexity index is 3570. The number of hydrogen-bond donors (Lipinski definition) is 2. The number of rotatable bonds is 6. The van der Waals surface area contributed by atoms with E-state index in [9.17, 15) is 19.8 Å². The monoisotopic (exact) mass is 996 g/mol. The summed E-state index contributed by atoms with van der Waals surface area (Å²) in [6, 6.07) is 83.9. The van der Waals surface area contributed by atoms with Gasteiger partial charge in [0, 0.05) is 25.0 Å². The van der Waals surface area contributed by atoms with Crippen LogP contribution in [0.4, 0.5) is 0 Å². The van der Waals surface area contributed by atoms with Crippen molar-refractivity contribution in [2.45, 2.75) is 24.7 Å². The zero-order chi connectivity index (χ0) is 52.0. The average Bonchev–Trinajstić information content (AvgIpc) is 4.54. The lowest BCUT2D eigenvalue weighted by molar-refractivity contribution is 0.0686. The van der Waals surface area contributed by atoms with Gasteiger partial charge in [-0.05, 0) is 160 Å². The molecule has 5 aliphatic rings. The Morgan fingerprint density at radius 3 is 0.740 bits per heavy atom. The van der Waals surface area contributed by atoms with E-state index in [-0.39, 0.29) is 11.8 Å². The molecule has 370 valence electrons. The van der Waals surface area contributed by atoms with Crippen molar-refractivity contribution in [1.82, 2.24) is 0 Å². The van der Waals surface area contributed by atoms with Crippen molar-refractivity contribution >= 4 is 34.2 Å². The first-order valence-corrected chi connectivity index (χ1v) is 26.4. The lowest BCUT2D eigenvalue weighted by Gasteiger charge is -2.23. The van der Waals surface area contributed by atoms with Gasteiger partial charge in [-0.15, -0.1) is 0 Å². The van der Waals surface area contributed by atoms with Gasteiger partial charge in [-0.25, -0.2) is 9.59 Å². The molecule has 5 heteroatoms. The number of fused-ring (bicyclic) bond motifs is 12. The average molecular weight is 997 g/mol. The Labute approximate surface area is 448 Å². The first-order valence-electron chi connectivity index (χ1n) is 26.4. The molecule has 0 spiro atoms. The van der Waals surface area contributed by atoms with Crippen molar-refractivity contribution in [1.29, 1.82) is 0 Å². The second-order valence-corrected chi connectivity index (χ2v) is 20.1. The van der Waals surface area contributed by atoms with Crippen molar-refractivity contribution in [2.24, 2.45) is 0 Å². The molecule has 1 aliphatic heterocycles. The first-order chi connectivity index (χ1) is 37.9. The van der Waals surface area contributed by atoms with Crippen molar-refractivity contribution in [3.05, 3.63) is 309 Å². The van der Waals surface area contributed by atoms with Crippen molar-refractivity contribution in [3.8, 4) is 44.5 Å². The molecular weight excluding hydrogens is 945 g/mol. The van der Waals surface area contributed by atoms with Gasteiger partial charge in [0.05, 0.1) is 11.1 Å². The van der Waals surface area contributed by atoms with Gasteiger partial charge in [0.15, 0.2) is 0 Å². The predicted molar refractivity (Wildman–Crippen MR) is 310 cm³/mol. The lowest BCUT2D eigenvalue weighted by atomic mass is 9.79. The number of hydrogen-bond acceptors (Lipinski definition) is 3.